The van der Waals surface area contributed by atoms with Crippen LogP contribution in [0.2, 0.25) is 5.02 Å². The van der Waals surface area contributed by atoms with E-state index in [2.05, 4.69) is 78.1 Å². The maximum atomic E-state index is 6.08. The van der Waals surface area contributed by atoms with Crippen LogP contribution in [0.15, 0.2) is 66.4 Å². The van der Waals surface area contributed by atoms with Crippen molar-refractivity contribution in [3.63, 3.8) is 0 Å². The first-order chi connectivity index (χ1) is 13.5. The van der Waals surface area contributed by atoms with Crippen molar-refractivity contribution in [2.24, 2.45) is 5.92 Å². The highest BCUT2D eigenvalue weighted by molar-refractivity contribution is 6.30. The van der Waals surface area contributed by atoms with Crippen molar-refractivity contribution >= 4 is 17.8 Å². The van der Waals surface area contributed by atoms with Gasteiger partial charge in [0.15, 0.2) is 18.3 Å². The molecule has 2 aliphatic heterocycles. The van der Waals surface area contributed by atoms with Gasteiger partial charge in [-0.2, -0.15) is 0 Å². The van der Waals surface area contributed by atoms with E-state index in [-0.39, 0.29) is 5.54 Å². The molecule has 4 rings (SSSR count). The Bertz CT molecular complexity index is 859. The lowest BCUT2D eigenvalue weighted by Gasteiger charge is -2.39. The largest absolute Gasteiger partial charge is 0.374 e. The van der Waals surface area contributed by atoms with E-state index < -0.39 is 0 Å². The number of hydrogen-bond acceptors (Lipinski definition) is 1. The molecule has 28 heavy (non-hydrogen) atoms. The van der Waals surface area contributed by atoms with Gasteiger partial charge in [0.2, 0.25) is 0 Å². The predicted molar refractivity (Wildman–Crippen MR) is 118 cm³/mol. The molecule has 1 fully saturated rings. The van der Waals surface area contributed by atoms with Gasteiger partial charge in [-0.3, -0.25) is 0 Å². The molecule has 0 radical (unpaired) electrons. The molecule has 0 spiro atoms. The molecule has 146 valence electrons. The van der Waals surface area contributed by atoms with E-state index in [0.29, 0.717) is 5.92 Å². The minimum Gasteiger partial charge on any atom is -0.374 e. The van der Waals surface area contributed by atoms with Gasteiger partial charge in [-0.15, -0.1) is 0 Å². The van der Waals surface area contributed by atoms with Crippen molar-refractivity contribution in [3.05, 3.63) is 82.5 Å². The highest BCUT2D eigenvalue weighted by Gasteiger charge is 2.45. The van der Waals surface area contributed by atoms with Gasteiger partial charge in [-0.25, -0.2) is 4.58 Å². The summed E-state index contributed by atoms with van der Waals surface area (Å²) in [6, 6.07) is 19.2. The van der Waals surface area contributed by atoms with E-state index in [9.17, 15) is 0 Å². The Kier molecular flexibility index (Phi) is 5.59. The molecule has 1 saturated heterocycles. The second-order valence-corrected chi connectivity index (χ2v) is 9.02. The van der Waals surface area contributed by atoms with Crippen LogP contribution in [0.25, 0.3) is 0 Å². The van der Waals surface area contributed by atoms with Crippen LogP contribution >= 0.6 is 11.6 Å². The maximum Gasteiger partial charge on any atom is 0.168 e. The van der Waals surface area contributed by atoms with Crippen molar-refractivity contribution in [2.45, 2.75) is 45.2 Å². The first-order valence-electron chi connectivity index (χ1n) is 10.4. The van der Waals surface area contributed by atoms with Gasteiger partial charge >= 0.3 is 0 Å². The number of nitrogens with zero attached hydrogens (tertiary/aromatic N) is 2. The molecule has 0 amide bonds. The maximum absolute atomic E-state index is 6.08. The molecule has 1 atom stereocenters. The Morgan fingerprint density at radius 3 is 2.32 bits per heavy atom. The number of likely N-dealkylation sites (tertiary alicyclic amines) is 1. The van der Waals surface area contributed by atoms with Crippen LogP contribution < -0.4 is 0 Å². The van der Waals surface area contributed by atoms with E-state index in [1.54, 1.807) is 0 Å². The summed E-state index contributed by atoms with van der Waals surface area (Å²) in [7, 11) is 0. The number of allylic oxidation sites excluding steroid dienone is 1. The Morgan fingerprint density at radius 1 is 0.964 bits per heavy atom. The molecule has 2 heterocycles. The fraction of sp³-hybridized carbons (Fsp3) is 0.400. The van der Waals surface area contributed by atoms with Crippen LogP contribution in [-0.2, 0) is 13.0 Å². The summed E-state index contributed by atoms with van der Waals surface area (Å²) in [6.07, 6.45) is 8.37. The smallest absolute Gasteiger partial charge is 0.168 e. The van der Waals surface area contributed by atoms with Crippen LogP contribution in [0.4, 0.5) is 0 Å². The summed E-state index contributed by atoms with van der Waals surface area (Å²) >= 11 is 6.08. The van der Waals surface area contributed by atoms with Crippen molar-refractivity contribution < 1.29 is 4.58 Å². The van der Waals surface area contributed by atoms with Crippen LogP contribution in [0.5, 0.6) is 0 Å². The summed E-state index contributed by atoms with van der Waals surface area (Å²) in [6.45, 7) is 8.09. The molecular formula is C25H30ClN2+. The number of benzene rings is 2. The van der Waals surface area contributed by atoms with Gasteiger partial charge < -0.3 is 4.90 Å². The molecular weight excluding hydrogens is 364 g/mol. The molecule has 2 aromatic rings. The van der Waals surface area contributed by atoms with Crippen LogP contribution in [-0.4, -0.2) is 34.3 Å². The predicted octanol–water partition coefficient (Wildman–Crippen LogP) is 5.55. The number of halogens is 1. The molecule has 2 aliphatic rings. The van der Waals surface area contributed by atoms with Crippen LogP contribution in [0, 0.1) is 5.92 Å². The highest BCUT2D eigenvalue weighted by atomic mass is 35.5. The lowest BCUT2D eigenvalue weighted by molar-refractivity contribution is -0.621. The third kappa shape index (κ3) is 4.03. The lowest BCUT2D eigenvalue weighted by Crippen LogP contribution is -2.50. The molecule has 0 aromatic heterocycles. The van der Waals surface area contributed by atoms with E-state index >= 15 is 0 Å². The Labute approximate surface area is 174 Å². The third-order valence-corrected chi connectivity index (χ3v) is 6.65. The molecule has 0 saturated carbocycles. The van der Waals surface area contributed by atoms with Crippen LogP contribution in [0.1, 0.15) is 37.8 Å². The standard InChI is InChI=1S/C25H30ClN2/c1-25(2)23(18-20-8-4-3-5-9-20)24(27-15-6-7-16-27)14-17-28(25)19-21-10-12-22(26)13-11-21/h3-5,8-14,17,23H,6-7,15-16,18-19H2,1-2H3/q+1. The topological polar surface area (TPSA) is 6.25 Å². The third-order valence-electron chi connectivity index (χ3n) is 6.40. The number of rotatable bonds is 5. The summed E-state index contributed by atoms with van der Waals surface area (Å²) in [5, 5.41) is 0.795. The van der Waals surface area contributed by atoms with E-state index in [1.807, 2.05) is 12.1 Å². The van der Waals surface area contributed by atoms with Gasteiger partial charge in [-0.1, -0.05) is 54.1 Å². The summed E-state index contributed by atoms with van der Waals surface area (Å²) in [4.78, 5) is 2.62. The van der Waals surface area contributed by atoms with Crippen molar-refractivity contribution in [2.75, 3.05) is 13.1 Å². The first kappa shape index (κ1) is 19.3. The molecule has 2 nitrogen and oxygen atoms in total. The van der Waals surface area contributed by atoms with Gasteiger partial charge in [0.1, 0.15) is 0 Å². The van der Waals surface area contributed by atoms with E-state index in [4.69, 9.17) is 11.6 Å². The van der Waals surface area contributed by atoms with E-state index in [1.165, 1.54) is 42.8 Å². The van der Waals surface area contributed by atoms with Crippen molar-refractivity contribution in [1.82, 2.24) is 4.90 Å². The number of hydrogen-bond donors (Lipinski definition) is 0. The molecule has 2 aromatic carbocycles. The minimum absolute atomic E-state index is 0.0299. The molecule has 0 bridgehead atoms. The average molecular weight is 394 g/mol. The minimum atomic E-state index is 0.0299. The monoisotopic (exact) mass is 393 g/mol. The zero-order chi connectivity index (χ0) is 19.6. The lowest BCUT2D eigenvalue weighted by atomic mass is 9.77. The van der Waals surface area contributed by atoms with Gasteiger partial charge in [-0.05, 0) is 37.0 Å². The quantitative estimate of drug-likeness (QED) is 0.603. The van der Waals surface area contributed by atoms with Gasteiger partial charge in [0.25, 0.3) is 0 Å². The summed E-state index contributed by atoms with van der Waals surface area (Å²) in [5.41, 5.74) is 4.25. The van der Waals surface area contributed by atoms with Crippen molar-refractivity contribution in [3.8, 4) is 0 Å². The van der Waals surface area contributed by atoms with Crippen molar-refractivity contribution in [1.29, 1.82) is 0 Å². The molecule has 0 N–H and O–H groups in total. The zero-order valence-electron chi connectivity index (χ0n) is 16.9. The first-order valence-corrected chi connectivity index (χ1v) is 10.8. The SMILES string of the molecule is CC1(C)C(Cc2ccccc2)C(N2CCCC2)=CC=[N+]1Cc1ccc(Cl)cc1. The second-order valence-electron chi connectivity index (χ2n) is 8.59. The summed E-state index contributed by atoms with van der Waals surface area (Å²) in [5.74, 6) is 0.463. The highest BCUT2D eigenvalue weighted by Crippen LogP contribution is 2.37. The zero-order valence-corrected chi connectivity index (χ0v) is 17.7. The molecule has 0 aliphatic carbocycles. The van der Waals surface area contributed by atoms with Gasteiger partial charge in [0.05, 0.1) is 5.92 Å². The second kappa shape index (κ2) is 8.13. The Hall–Kier alpha value is -2.06. The van der Waals surface area contributed by atoms with Gasteiger partial charge in [0, 0.05) is 49.3 Å². The fourth-order valence-corrected chi connectivity index (χ4v) is 4.71. The fourth-order valence-electron chi connectivity index (χ4n) is 4.58. The molecule has 3 heteroatoms. The Balaban J connectivity index is 1.66. The van der Waals surface area contributed by atoms with E-state index in [0.717, 1.165) is 18.0 Å². The Morgan fingerprint density at radius 2 is 1.64 bits per heavy atom. The van der Waals surface area contributed by atoms with Crippen LogP contribution in [0.3, 0.4) is 0 Å². The average Bonchev–Trinajstić information content (AvgIpc) is 3.22. The normalized spacial score (nSPS) is 21.4. The molecule has 1 unspecified atom stereocenters. The summed E-state index contributed by atoms with van der Waals surface area (Å²) < 4.78 is 2.50.